The van der Waals surface area contributed by atoms with Gasteiger partial charge in [-0.25, -0.2) is 15.0 Å². The number of aliphatic hydroxyl groups excluding tert-OH is 2. The topological polar surface area (TPSA) is 129 Å². The van der Waals surface area contributed by atoms with Crippen LogP contribution in [0.1, 0.15) is 30.0 Å². The fourth-order valence-corrected chi connectivity index (χ4v) is 5.26. The molecule has 4 N–H and O–H groups in total. The van der Waals surface area contributed by atoms with E-state index in [9.17, 15) is 10.2 Å². The largest absolute Gasteiger partial charge is 0.387 e. The van der Waals surface area contributed by atoms with Gasteiger partial charge in [-0.1, -0.05) is 12.1 Å². The van der Waals surface area contributed by atoms with E-state index < -0.39 is 24.0 Å². The zero-order chi connectivity index (χ0) is 22.9. The van der Waals surface area contributed by atoms with Gasteiger partial charge in [0.25, 0.3) is 0 Å². The number of ether oxygens (including phenoxy) is 2. The van der Waals surface area contributed by atoms with Gasteiger partial charge in [0.05, 0.1) is 28.4 Å². The Balaban J connectivity index is 1.30. The summed E-state index contributed by atoms with van der Waals surface area (Å²) in [6, 6.07) is 9.70. The van der Waals surface area contributed by atoms with E-state index in [-0.39, 0.29) is 12.7 Å². The lowest BCUT2D eigenvalue weighted by Crippen LogP contribution is -2.43. The molecule has 170 valence electrons. The highest BCUT2D eigenvalue weighted by molar-refractivity contribution is 9.10. The molecule has 10 heteroatoms. The Morgan fingerprint density at radius 1 is 1.21 bits per heavy atom. The SMILES string of the molecule is Cc1ncnc2c1ccn2[C@@H]1O[C@@]2(CO[C@H](c3ccc4cc(Br)c(N)nc4c3)C2)[C@@H](O)[C@H]1O. The maximum absolute atomic E-state index is 11.0. The van der Waals surface area contributed by atoms with Gasteiger partial charge in [0.15, 0.2) is 6.23 Å². The summed E-state index contributed by atoms with van der Waals surface area (Å²) in [6.45, 7) is 2.06. The molecule has 0 unspecified atom stereocenters. The van der Waals surface area contributed by atoms with Crippen LogP contribution in [0, 0.1) is 6.92 Å². The fraction of sp³-hybridized carbons (Fsp3) is 0.348. The van der Waals surface area contributed by atoms with Crippen LogP contribution in [0.3, 0.4) is 0 Å². The highest BCUT2D eigenvalue weighted by atomic mass is 79.9. The summed E-state index contributed by atoms with van der Waals surface area (Å²) in [5.41, 5.74) is 8.07. The molecule has 4 aromatic rings. The Bertz CT molecular complexity index is 1390. The van der Waals surface area contributed by atoms with Gasteiger partial charge in [0, 0.05) is 23.4 Å². The van der Waals surface area contributed by atoms with Gasteiger partial charge in [-0.2, -0.15) is 0 Å². The van der Waals surface area contributed by atoms with E-state index in [2.05, 4.69) is 30.9 Å². The molecule has 2 fully saturated rings. The molecule has 0 saturated carbocycles. The number of rotatable bonds is 2. The number of nitrogens with two attached hydrogens (primary N) is 1. The van der Waals surface area contributed by atoms with E-state index in [0.29, 0.717) is 17.9 Å². The molecule has 1 aromatic carbocycles. The van der Waals surface area contributed by atoms with Crippen molar-refractivity contribution in [2.45, 2.75) is 43.5 Å². The normalized spacial score (nSPS) is 29.6. The van der Waals surface area contributed by atoms with E-state index in [0.717, 1.165) is 32.0 Å². The number of aryl methyl sites for hydroxylation is 1. The number of pyridine rings is 1. The van der Waals surface area contributed by atoms with Gasteiger partial charge in [0.1, 0.15) is 35.6 Å². The molecule has 0 aliphatic carbocycles. The highest BCUT2D eigenvalue weighted by Crippen LogP contribution is 2.48. The first-order chi connectivity index (χ1) is 15.9. The number of halogens is 1. The van der Waals surface area contributed by atoms with Gasteiger partial charge in [-0.05, 0) is 46.6 Å². The molecule has 2 saturated heterocycles. The minimum Gasteiger partial charge on any atom is -0.387 e. The molecule has 0 radical (unpaired) electrons. The quantitative estimate of drug-likeness (QED) is 0.374. The first-order valence-corrected chi connectivity index (χ1v) is 11.4. The first kappa shape index (κ1) is 20.9. The average molecular weight is 512 g/mol. The van der Waals surface area contributed by atoms with E-state index in [1.54, 1.807) is 10.8 Å². The Labute approximate surface area is 197 Å². The number of aliphatic hydroxyl groups is 2. The molecule has 5 atom stereocenters. The molecule has 2 aliphatic heterocycles. The van der Waals surface area contributed by atoms with Crippen molar-refractivity contribution in [3.05, 3.63) is 58.6 Å². The van der Waals surface area contributed by atoms with Crippen molar-refractivity contribution in [3.8, 4) is 0 Å². The Hall–Kier alpha value is -2.63. The predicted octanol–water partition coefficient (Wildman–Crippen LogP) is 2.78. The van der Waals surface area contributed by atoms with Gasteiger partial charge in [0.2, 0.25) is 0 Å². The highest BCUT2D eigenvalue weighted by Gasteiger charge is 2.59. The summed E-state index contributed by atoms with van der Waals surface area (Å²) < 4.78 is 14.9. The number of benzene rings is 1. The minimum atomic E-state index is -1.13. The zero-order valence-electron chi connectivity index (χ0n) is 17.7. The van der Waals surface area contributed by atoms with Crippen LogP contribution < -0.4 is 5.73 Å². The van der Waals surface area contributed by atoms with Gasteiger partial charge in [-0.3, -0.25) is 0 Å². The number of fused-ring (bicyclic) bond motifs is 2. The van der Waals surface area contributed by atoms with Crippen molar-refractivity contribution in [1.29, 1.82) is 0 Å². The van der Waals surface area contributed by atoms with E-state index in [4.69, 9.17) is 15.2 Å². The van der Waals surface area contributed by atoms with Crippen LogP contribution in [0.5, 0.6) is 0 Å². The smallest absolute Gasteiger partial charge is 0.164 e. The fourth-order valence-electron chi connectivity index (χ4n) is 4.92. The molecular formula is C23H22BrN5O4. The lowest BCUT2D eigenvalue weighted by molar-refractivity contribution is -0.103. The van der Waals surface area contributed by atoms with Crippen molar-refractivity contribution in [2.24, 2.45) is 0 Å². The number of anilines is 1. The van der Waals surface area contributed by atoms with Crippen molar-refractivity contribution in [3.63, 3.8) is 0 Å². The summed E-state index contributed by atoms with van der Waals surface area (Å²) in [4.78, 5) is 13.0. The zero-order valence-corrected chi connectivity index (χ0v) is 19.3. The number of aromatic nitrogens is 4. The maximum atomic E-state index is 11.0. The Kier molecular flexibility index (Phi) is 4.72. The molecule has 1 spiro atoms. The lowest BCUT2D eigenvalue weighted by Gasteiger charge is -2.25. The van der Waals surface area contributed by atoms with Crippen LogP contribution in [0.2, 0.25) is 0 Å². The van der Waals surface area contributed by atoms with Crippen molar-refractivity contribution in [1.82, 2.24) is 19.5 Å². The van der Waals surface area contributed by atoms with Crippen LogP contribution in [0.4, 0.5) is 5.82 Å². The van der Waals surface area contributed by atoms with Gasteiger partial charge in [-0.15, -0.1) is 0 Å². The van der Waals surface area contributed by atoms with E-state index in [1.165, 1.54) is 6.33 Å². The molecule has 3 aromatic heterocycles. The Morgan fingerprint density at radius 3 is 2.91 bits per heavy atom. The predicted molar refractivity (Wildman–Crippen MR) is 124 cm³/mol. The molecule has 0 amide bonds. The van der Waals surface area contributed by atoms with Gasteiger partial charge >= 0.3 is 0 Å². The summed E-state index contributed by atoms with van der Waals surface area (Å²) in [6.07, 6.45) is 0.336. The number of hydrogen-bond donors (Lipinski definition) is 3. The average Bonchev–Trinajstić information content (AvgIpc) is 3.48. The number of hydrogen-bond acceptors (Lipinski definition) is 8. The van der Waals surface area contributed by atoms with Crippen molar-refractivity contribution >= 4 is 43.7 Å². The maximum Gasteiger partial charge on any atom is 0.164 e. The summed E-state index contributed by atoms with van der Waals surface area (Å²) in [5, 5.41) is 23.8. The second-order valence-corrected chi connectivity index (χ2v) is 9.59. The molecule has 9 nitrogen and oxygen atoms in total. The molecule has 2 aliphatic rings. The first-order valence-electron chi connectivity index (χ1n) is 10.7. The molecule has 33 heavy (non-hydrogen) atoms. The van der Waals surface area contributed by atoms with Crippen LogP contribution in [-0.2, 0) is 9.47 Å². The minimum absolute atomic E-state index is 0.160. The molecule has 5 heterocycles. The number of nitrogens with zero attached hydrogens (tertiary/aromatic N) is 4. The summed E-state index contributed by atoms with van der Waals surface area (Å²) in [5.74, 6) is 0.418. The van der Waals surface area contributed by atoms with E-state index >= 15 is 0 Å². The van der Waals surface area contributed by atoms with Crippen LogP contribution >= 0.6 is 15.9 Å². The third-order valence-corrected chi connectivity index (χ3v) is 7.38. The standard InChI is InChI=1S/C23H22BrN5O4/c1-11-14-4-5-29(21(14)27-10-26-11)22-18(30)19(31)23(33-22)8-17(32-9-23)13-3-2-12-6-15(24)20(25)28-16(12)7-13/h2-7,10,17-19,22,30-31H,8-9H2,1H3,(H2,25,28)/t17-,18+,19-,22+,23-/m0/s1. The van der Waals surface area contributed by atoms with Gasteiger partial charge < -0.3 is 30.0 Å². The lowest BCUT2D eigenvalue weighted by atomic mass is 9.90. The third kappa shape index (κ3) is 3.17. The molecule has 6 rings (SSSR count). The molecule has 0 bridgehead atoms. The van der Waals surface area contributed by atoms with Crippen LogP contribution in [-0.4, -0.2) is 54.1 Å². The third-order valence-electron chi connectivity index (χ3n) is 6.75. The number of nitrogen functional groups attached to an aromatic ring is 1. The molecular weight excluding hydrogens is 490 g/mol. The van der Waals surface area contributed by atoms with Crippen molar-refractivity contribution < 1.29 is 19.7 Å². The van der Waals surface area contributed by atoms with Crippen molar-refractivity contribution in [2.75, 3.05) is 12.3 Å². The second kappa shape index (κ2) is 7.44. The van der Waals surface area contributed by atoms with Crippen LogP contribution in [0.25, 0.3) is 21.9 Å². The monoisotopic (exact) mass is 511 g/mol. The van der Waals surface area contributed by atoms with Crippen LogP contribution in [0.15, 0.2) is 47.3 Å². The Morgan fingerprint density at radius 2 is 2.06 bits per heavy atom. The summed E-state index contributed by atoms with van der Waals surface area (Å²) >= 11 is 3.40. The second-order valence-electron chi connectivity index (χ2n) is 8.74. The van der Waals surface area contributed by atoms with E-state index in [1.807, 2.05) is 37.3 Å². The summed E-state index contributed by atoms with van der Waals surface area (Å²) in [7, 11) is 0.